The fourth-order valence-corrected chi connectivity index (χ4v) is 4.67. The Morgan fingerprint density at radius 2 is 1.87 bits per heavy atom. The van der Waals surface area contributed by atoms with Crippen LogP contribution in [0.15, 0.2) is 72.1 Å². The molecular formula is C21H22N4O4S. The average molecular weight is 426 g/mol. The van der Waals surface area contributed by atoms with Gasteiger partial charge in [-0.3, -0.25) is 4.79 Å². The van der Waals surface area contributed by atoms with E-state index in [-0.39, 0.29) is 10.8 Å². The fourth-order valence-electron chi connectivity index (χ4n) is 3.22. The largest absolute Gasteiger partial charge is 0.379 e. The molecule has 156 valence electrons. The van der Waals surface area contributed by atoms with E-state index >= 15 is 0 Å². The maximum atomic E-state index is 12.8. The minimum Gasteiger partial charge on any atom is -0.379 e. The summed E-state index contributed by atoms with van der Waals surface area (Å²) in [4.78, 5) is 16.7. The SMILES string of the molecule is O=C(NCc1ccc(-n2ccnc2)cc1)c1cccc(S(=O)(=O)N2CCOCC2)c1. The number of sulfonamides is 1. The van der Waals surface area contributed by atoms with Gasteiger partial charge in [0.2, 0.25) is 10.0 Å². The second-order valence-electron chi connectivity index (χ2n) is 6.86. The van der Waals surface area contributed by atoms with Crippen LogP contribution in [0.4, 0.5) is 0 Å². The first-order valence-corrected chi connectivity index (χ1v) is 11.0. The molecule has 1 saturated heterocycles. The highest BCUT2D eigenvalue weighted by atomic mass is 32.2. The number of rotatable bonds is 6. The molecule has 1 aliphatic heterocycles. The average Bonchev–Trinajstić information content (AvgIpc) is 3.33. The summed E-state index contributed by atoms with van der Waals surface area (Å²) in [6.07, 6.45) is 5.28. The van der Waals surface area contributed by atoms with Crippen LogP contribution in [0.2, 0.25) is 0 Å². The zero-order valence-electron chi connectivity index (χ0n) is 16.3. The fraction of sp³-hybridized carbons (Fsp3) is 0.238. The quantitative estimate of drug-likeness (QED) is 0.649. The highest BCUT2D eigenvalue weighted by molar-refractivity contribution is 7.89. The predicted molar refractivity (Wildman–Crippen MR) is 111 cm³/mol. The van der Waals surface area contributed by atoms with E-state index < -0.39 is 10.0 Å². The van der Waals surface area contributed by atoms with E-state index in [1.807, 2.05) is 35.0 Å². The maximum Gasteiger partial charge on any atom is 0.251 e. The highest BCUT2D eigenvalue weighted by Gasteiger charge is 2.26. The summed E-state index contributed by atoms with van der Waals surface area (Å²) in [5.74, 6) is -0.326. The molecule has 4 rings (SSSR count). The van der Waals surface area contributed by atoms with Gasteiger partial charge in [-0.1, -0.05) is 18.2 Å². The first-order chi connectivity index (χ1) is 14.5. The van der Waals surface area contributed by atoms with Crippen LogP contribution >= 0.6 is 0 Å². The van der Waals surface area contributed by atoms with Crippen LogP contribution in [0.5, 0.6) is 0 Å². The van der Waals surface area contributed by atoms with E-state index in [0.717, 1.165) is 11.3 Å². The number of hydrogen-bond donors (Lipinski definition) is 1. The zero-order valence-corrected chi connectivity index (χ0v) is 17.1. The molecule has 2 heterocycles. The lowest BCUT2D eigenvalue weighted by Crippen LogP contribution is -2.40. The van der Waals surface area contributed by atoms with Gasteiger partial charge in [-0.15, -0.1) is 0 Å². The topological polar surface area (TPSA) is 93.5 Å². The van der Waals surface area contributed by atoms with E-state index in [4.69, 9.17) is 4.74 Å². The van der Waals surface area contributed by atoms with Crippen molar-refractivity contribution in [3.8, 4) is 5.69 Å². The summed E-state index contributed by atoms with van der Waals surface area (Å²) in [6, 6.07) is 13.9. The third-order valence-corrected chi connectivity index (χ3v) is 6.79. The van der Waals surface area contributed by atoms with Gasteiger partial charge in [0, 0.05) is 43.3 Å². The lowest BCUT2D eigenvalue weighted by Gasteiger charge is -2.26. The second kappa shape index (κ2) is 8.78. The van der Waals surface area contributed by atoms with Crippen LogP contribution in [0, 0.1) is 0 Å². The summed E-state index contributed by atoms with van der Waals surface area (Å²) in [5.41, 5.74) is 2.22. The van der Waals surface area contributed by atoms with Crippen molar-refractivity contribution in [2.75, 3.05) is 26.3 Å². The molecule has 0 atom stereocenters. The first kappa shape index (κ1) is 20.3. The van der Waals surface area contributed by atoms with Gasteiger partial charge >= 0.3 is 0 Å². The lowest BCUT2D eigenvalue weighted by molar-refractivity contribution is 0.0730. The van der Waals surface area contributed by atoms with Gasteiger partial charge in [0.1, 0.15) is 0 Å². The molecule has 0 saturated carbocycles. The van der Waals surface area contributed by atoms with Crippen LogP contribution in [-0.2, 0) is 21.3 Å². The molecule has 1 aromatic heterocycles. The minimum atomic E-state index is -3.65. The van der Waals surface area contributed by atoms with Crippen molar-refractivity contribution in [1.82, 2.24) is 19.2 Å². The number of benzene rings is 2. The molecule has 0 radical (unpaired) electrons. The Hall–Kier alpha value is -3.01. The summed E-state index contributed by atoms with van der Waals surface area (Å²) in [7, 11) is -3.65. The predicted octanol–water partition coefficient (Wildman–Crippen LogP) is 1.82. The zero-order chi connectivity index (χ0) is 21.0. The molecule has 8 nitrogen and oxygen atoms in total. The summed E-state index contributed by atoms with van der Waals surface area (Å²) in [5, 5.41) is 2.84. The molecule has 1 fully saturated rings. The van der Waals surface area contributed by atoms with Crippen LogP contribution < -0.4 is 5.32 Å². The number of nitrogens with one attached hydrogen (secondary N) is 1. The molecule has 1 amide bonds. The van der Waals surface area contributed by atoms with E-state index in [9.17, 15) is 13.2 Å². The van der Waals surface area contributed by atoms with Crippen molar-refractivity contribution in [3.63, 3.8) is 0 Å². The van der Waals surface area contributed by atoms with E-state index in [0.29, 0.717) is 38.4 Å². The minimum absolute atomic E-state index is 0.113. The Labute approximate surface area is 175 Å². The smallest absolute Gasteiger partial charge is 0.251 e. The van der Waals surface area contributed by atoms with Crippen molar-refractivity contribution in [1.29, 1.82) is 0 Å². The molecule has 1 N–H and O–H groups in total. The Bertz CT molecular complexity index is 1110. The van der Waals surface area contributed by atoms with E-state index in [1.54, 1.807) is 24.7 Å². The van der Waals surface area contributed by atoms with Gasteiger partial charge in [0.15, 0.2) is 0 Å². The number of hydrogen-bond acceptors (Lipinski definition) is 5. The highest BCUT2D eigenvalue weighted by Crippen LogP contribution is 2.18. The number of aromatic nitrogens is 2. The Morgan fingerprint density at radius 1 is 1.10 bits per heavy atom. The van der Waals surface area contributed by atoms with E-state index in [1.165, 1.54) is 16.4 Å². The van der Waals surface area contributed by atoms with Gasteiger partial charge < -0.3 is 14.6 Å². The summed E-state index contributed by atoms with van der Waals surface area (Å²) in [6.45, 7) is 1.71. The van der Waals surface area contributed by atoms with Crippen molar-refractivity contribution >= 4 is 15.9 Å². The van der Waals surface area contributed by atoms with Gasteiger partial charge in [-0.25, -0.2) is 13.4 Å². The lowest BCUT2D eigenvalue weighted by atomic mass is 10.2. The number of carbonyl (C=O) groups excluding carboxylic acids is 1. The van der Waals surface area contributed by atoms with Crippen LogP contribution in [-0.4, -0.2) is 54.5 Å². The van der Waals surface area contributed by atoms with Gasteiger partial charge in [0.25, 0.3) is 5.91 Å². The number of nitrogens with zero attached hydrogens (tertiary/aromatic N) is 3. The number of imidazole rings is 1. The van der Waals surface area contributed by atoms with Crippen LogP contribution in [0.25, 0.3) is 5.69 Å². The van der Waals surface area contributed by atoms with Gasteiger partial charge in [0.05, 0.1) is 24.4 Å². The molecule has 2 aromatic carbocycles. The maximum absolute atomic E-state index is 12.8. The molecule has 0 spiro atoms. The van der Waals surface area contributed by atoms with Gasteiger partial charge in [-0.05, 0) is 35.9 Å². The Morgan fingerprint density at radius 3 is 2.57 bits per heavy atom. The molecular weight excluding hydrogens is 404 g/mol. The first-order valence-electron chi connectivity index (χ1n) is 9.57. The van der Waals surface area contributed by atoms with Crippen molar-refractivity contribution in [2.24, 2.45) is 0 Å². The molecule has 0 unspecified atom stereocenters. The van der Waals surface area contributed by atoms with Crippen molar-refractivity contribution < 1.29 is 17.9 Å². The molecule has 9 heteroatoms. The van der Waals surface area contributed by atoms with E-state index in [2.05, 4.69) is 10.3 Å². The molecule has 3 aromatic rings. The third kappa shape index (κ3) is 4.43. The third-order valence-electron chi connectivity index (χ3n) is 4.90. The van der Waals surface area contributed by atoms with Crippen LogP contribution in [0.1, 0.15) is 15.9 Å². The van der Waals surface area contributed by atoms with Crippen LogP contribution in [0.3, 0.4) is 0 Å². The molecule has 0 aliphatic carbocycles. The number of carbonyl (C=O) groups is 1. The number of morpholine rings is 1. The standard InChI is InChI=1S/C21H22N4O4S/c26-21(23-15-17-4-6-19(7-5-17)24-9-8-22-16-24)18-2-1-3-20(14-18)30(27,28)25-10-12-29-13-11-25/h1-9,14,16H,10-13,15H2,(H,23,26). The molecule has 1 aliphatic rings. The summed E-state index contributed by atoms with van der Waals surface area (Å²) >= 11 is 0. The molecule has 0 bridgehead atoms. The second-order valence-corrected chi connectivity index (χ2v) is 8.80. The number of amides is 1. The Kier molecular flexibility index (Phi) is 5.93. The normalized spacial score (nSPS) is 15.1. The number of ether oxygens (including phenoxy) is 1. The van der Waals surface area contributed by atoms with Gasteiger partial charge in [-0.2, -0.15) is 4.31 Å². The van der Waals surface area contributed by atoms with Crippen molar-refractivity contribution in [2.45, 2.75) is 11.4 Å². The summed E-state index contributed by atoms with van der Waals surface area (Å²) < 4.78 is 34.1. The Balaban J connectivity index is 1.42. The van der Waals surface area contributed by atoms with Crippen molar-refractivity contribution in [3.05, 3.63) is 78.4 Å². The molecule has 30 heavy (non-hydrogen) atoms. The monoisotopic (exact) mass is 426 g/mol.